The molecule has 0 aromatic heterocycles. The normalized spacial score (nSPS) is 13.1. The summed E-state index contributed by atoms with van der Waals surface area (Å²) >= 11 is 0. The van der Waals surface area contributed by atoms with E-state index in [-0.39, 0.29) is 19.8 Å². The lowest BCUT2D eigenvalue weighted by Gasteiger charge is -2.03. The Morgan fingerprint density at radius 3 is 1.33 bits per heavy atom. The minimum atomic E-state index is -0.593. The van der Waals surface area contributed by atoms with Crippen LogP contribution in [0.15, 0.2) is 12.3 Å². The van der Waals surface area contributed by atoms with Crippen LogP contribution in [0.5, 0.6) is 0 Å². The van der Waals surface area contributed by atoms with Crippen molar-refractivity contribution in [3.63, 3.8) is 0 Å². The van der Waals surface area contributed by atoms with Crippen LogP contribution in [-0.2, 0) is 0 Å². The van der Waals surface area contributed by atoms with E-state index in [1.54, 1.807) is 13.8 Å². The summed E-state index contributed by atoms with van der Waals surface area (Å²) in [5.41, 5.74) is 0. The van der Waals surface area contributed by atoms with Crippen molar-refractivity contribution < 1.29 is 30.6 Å². The van der Waals surface area contributed by atoms with Crippen molar-refractivity contribution in [3.05, 3.63) is 12.3 Å². The molecule has 0 aliphatic rings. The Balaban J connectivity index is -0.000000187. The highest BCUT2D eigenvalue weighted by atomic mass is 16.3. The molecular weight excluding hydrogens is 240 g/mol. The van der Waals surface area contributed by atoms with Crippen LogP contribution in [0.3, 0.4) is 0 Å². The molecule has 112 valence electrons. The van der Waals surface area contributed by atoms with E-state index in [0.29, 0.717) is 6.42 Å². The first kappa shape index (κ1) is 22.5. The van der Waals surface area contributed by atoms with Gasteiger partial charge < -0.3 is 30.6 Å². The summed E-state index contributed by atoms with van der Waals surface area (Å²) in [6.45, 7) is 3.59. The maximum absolute atomic E-state index is 8.38. The summed E-state index contributed by atoms with van der Waals surface area (Å²) in [5, 5.41) is 48.9. The number of aliphatic hydroxyl groups is 6. The number of aliphatic hydroxyl groups excluding tert-OH is 6. The van der Waals surface area contributed by atoms with E-state index in [1.165, 1.54) is 6.08 Å². The van der Waals surface area contributed by atoms with Crippen LogP contribution in [0.2, 0.25) is 0 Å². The van der Waals surface area contributed by atoms with Crippen LogP contribution >= 0.6 is 0 Å². The Bertz CT molecular complexity index is 138. The van der Waals surface area contributed by atoms with Crippen LogP contribution in [0.1, 0.15) is 33.1 Å². The number of unbranched alkanes of at least 4 members (excludes halogenated alkanes) is 1. The second-order valence-corrected chi connectivity index (χ2v) is 3.53. The molecule has 0 radical (unpaired) electrons. The minimum absolute atomic E-state index is 0.108. The Morgan fingerprint density at radius 1 is 0.833 bits per heavy atom. The van der Waals surface area contributed by atoms with Crippen LogP contribution in [0.25, 0.3) is 0 Å². The highest BCUT2D eigenvalue weighted by molar-refractivity contribution is 4.69. The van der Waals surface area contributed by atoms with Crippen LogP contribution in [0, 0.1) is 0 Å². The number of hydrogen-bond acceptors (Lipinski definition) is 6. The zero-order valence-corrected chi connectivity index (χ0v) is 11.2. The third-order valence-corrected chi connectivity index (χ3v) is 1.67. The molecule has 6 nitrogen and oxygen atoms in total. The molecule has 0 rings (SSSR count). The lowest BCUT2D eigenvalue weighted by atomic mass is 10.3. The summed E-state index contributed by atoms with van der Waals surface area (Å²) in [6, 6.07) is 0. The molecule has 18 heavy (non-hydrogen) atoms. The molecule has 0 amide bonds. The maximum atomic E-state index is 8.38. The van der Waals surface area contributed by atoms with Crippen molar-refractivity contribution in [2.45, 2.75) is 45.3 Å². The zero-order valence-electron chi connectivity index (χ0n) is 11.2. The van der Waals surface area contributed by atoms with Crippen LogP contribution < -0.4 is 0 Å². The van der Waals surface area contributed by atoms with Gasteiger partial charge in [-0.3, -0.25) is 0 Å². The van der Waals surface area contributed by atoms with Gasteiger partial charge in [0, 0.05) is 19.8 Å². The summed E-state index contributed by atoms with van der Waals surface area (Å²) in [6.07, 6.45) is 3.20. The Morgan fingerprint density at radius 2 is 1.22 bits per heavy atom. The van der Waals surface area contributed by atoms with E-state index in [9.17, 15) is 0 Å². The fraction of sp³-hybridized carbons (Fsp3) is 0.833. The highest BCUT2D eigenvalue weighted by Gasteiger charge is 1.99. The fourth-order valence-corrected chi connectivity index (χ4v) is 0.373. The quantitative estimate of drug-likeness (QED) is 0.296. The van der Waals surface area contributed by atoms with Gasteiger partial charge >= 0.3 is 0 Å². The van der Waals surface area contributed by atoms with Crippen molar-refractivity contribution in [1.29, 1.82) is 0 Å². The van der Waals surface area contributed by atoms with Gasteiger partial charge in [0.1, 0.15) is 0 Å². The first-order valence-corrected chi connectivity index (χ1v) is 5.95. The van der Waals surface area contributed by atoms with Crippen molar-refractivity contribution in [2.24, 2.45) is 0 Å². The Labute approximate surface area is 109 Å². The largest absolute Gasteiger partial charge is 0.516 e. The maximum Gasteiger partial charge on any atom is 0.0768 e. The summed E-state index contributed by atoms with van der Waals surface area (Å²) in [7, 11) is 0. The average molecular weight is 268 g/mol. The van der Waals surface area contributed by atoms with Gasteiger partial charge in [0.2, 0.25) is 0 Å². The van der Waals surface area contributed by atoms with E-state index in [0.717, 1.165) is 19.1 Å². The third kappa shape index (κ3) is 36.2. The molecule has 0 aliphatic heterocycles. The molecule has 6 N–H and O–H groups in total. The van der Waals surface area contributed by atoms with E-state index in [2.05, 4.69) is 0 Å². The standard InChI is InChI=1S/2C4H10O2.C4H8O2/c1-3(5)4(2)6;2*5-3-1-2-4-6/h3-6H,1-2H3;5-6H,1-4H2;1,3,5-6H,2,4H2/b;;3-1+. The van der Waals surface area contributed by atoms with Gasteiger partial charge in [0.05, 0.1) is 18.5 Å². The summed E-state index contributed by atoms with van der Waals surface area (Å²) < 4.78 is 0. The predicted octanol–water partition coefficient (Wildman–Crippen LogP) is -0.0603. The van der Waals surface area contributed by atoms with Crippen molar-refractivity contribution in [3.8, 4) is 0 Å². The highest BCUT2D eigenvalue weighted by Crippen LogP contribution is 1.85. The van der Waals surface area contributed by atoms with E-state index >= 15 is 0 Å². The van der Waals surface area contributed by atoms with Crippen molar-refractivity contribution in [1.82, 2.24) is 0 Å². The van der Waals surface area contributed by atoms with Gasteiger partial charge in [-0.05, 0) is 39.2 Å². The SMILES string of the molecule is CC(O)C(C)O.O/C=C/CCO.OCCCCO. The van der Waals surface area contributed by atoms with Gasteiger partial charge in [-0.2, -0.15) is 0 Å². The second-order valence-electron chi connectivity index (χ2n) is 3.53. The van der Waals surface area contributed by atoms with E-state index < -0.39 is 12.2 Å². The van der Waals surface area contributed by atoms with E-state index in [1.807, 2.05) is 0 Å². The average Bonchev–Trinajstić information content (AvgIpc) is 2.35. The molecule has 0 bridgehead atoms. The van der Waals surface area contributed by atoms with Crippen LogP contribution in [-0.4, -0.2) is 62.7 Å². The first-order valence-electron chi connectivity index (χ1n) is 5.95. The molecular formula is C12H28O6. The monoisotopic (exact) mass is 268 g/mol. The molecule has 0 spiro atoms. The van der Waals surface area contributed by atoms with Gasteiger partial charge in [0.25, 0.3) is 0 Å². The zero-order chi connectivity index (χ0) is 14.8. The minimum Gasteiger partial charge on any atom is -0.516 e. The summed E-state index contributed by atoms with van der Waals surface area (Å²) in [5.74, 6) is 0. The third-order valence-electron chi connectivity index (χ3n) is 1.67. The van der Waals surface area contributed by atoms with Gasteiger partial charge in [-0.1, -0.05) is 0 Å². The van der Waals surface area contributed by atoms with E-state index in [4.69, 9.17) is 30.6 Å². The molecule has 0 aromatic carbocycles. The predicted molar refractivity (Wildman–Crippen MR) is 70.2 cm³/mol. The molecule has 2 unspecified atom stereocenters. The molecule has 0 saturated carbocycles. The topological polar surface area (TPSA) is 121 Å². The number of rotatable bonds is 6. The molecule has 0 fully saturated rings. The molecule has 2 atom stereocenters. The molecule has 0 saturated heterocycles. The Hall–Kier alpha value is -0.660. The molecule has 0 aromatic rings. The number of hydrogen-bond donors (Lipinski definition) is 6. The summed E-state index contributed by atoms with van der Waals surface area (Å²) in [4.78, 5) is 0. The van der Waals surface area contributed by atoms with Gasteiger partial charge in [-0.25, -0.2) is 0 Å². The Kier molecular flexibility index (Phi) is 27.0. The first-order chi connectivity index (χ1) is 8.47. The van der Waals surface area contributed by atoms with Gasteiger partial charge in [-0.15, -0.1) is 0 Å². The lowest BCUT2D eigenvalue weighted by Crippen LogP contribution is -2.17. The lowest BCUT2D eigenvalue weighted by molar-refractivity contribution is 0.0438. The van der Waals surface area contributed by atoms with Crippen LogP contribution in [0.4, 0.5) is 0 Å². The smallest absolute Gasteiger partial charge is 0.0768 e. The molecule has 0 aliphatic carbocycles. The molecule has 6 heteroatoms. The van der Waals surface area contributed by atoms with Gasteiger partial charge in [0.15, 0.2) is 0 Å². The second kappa shape index (κ2) is 21.6. The van der Waals surface area contributed by atoms with Crippen molar-refractivity contribution in [2.75, 3.05) is 19.8 Å². The molecule has 0 heterocycles. The fourth-order valence-electron chi connectivity index (χ4n) is 0.373. The van der Waals surface area contributed by atoms with Crippen molar-refractivity contribution >= 4 is 0 Å².